The number of nitrogens with two attached hydrogens (primary N) is 1. The summed E-state index contributed by atoms with van der Waals surface area (Å²) in [6.07, 6.45) is 8.72. The van der Waals surface area contributed by atoms with Gasteiger partial charge in [0.1, 0.15) is 6.04 Å². The highest BCUT2D eigenvalue weighted by Crippen LogP contribution is 2.75. The molecule has 4 fully saturated rings. The summed E-state index contributed by atoms with van der Waals surface area (Å²) in [4.78, 5) is 17.6. The van der Waals surface area contributed by atoms with Crippen molar-refractivity contribution in [1.82, 2.24) is 25.1 Å². The Labute approximate surface area is 306 Å². The predicted octanol–water partition coefficient (Wildman–Crippen LogP) is 6.52. The number of fused-ring (bicyclic) bond motifs is 3. The van der Waals surface area contributed by atoms with Gasteiger partial charge in [-0.25, -0.2) is 0 Å². The number of aromatic nitrogens is 4. The molecule has 3 saturated carbocycles. The number of rotatable bonds is 12. The second-order valence-corrected chi connectivity index (χ2v) is 19.1. The highest BCUT2D eigenvalue weighted by Gasteiger charge is 2.72. The van der Waals surface area contributed by atoms with Crippen LogP contribution < -0.4 is 5.73 Å². The van der Waals surface area contributed by atoms with Crippen LogP contribution in [-0.4, -0.2) is 95.0 Å². The maximum absolute atomic E-state index is 13.5. The van der Waals surface area contributed by atoms with Gasteiger partial charge in [0, 0.05) is 30.1 Å². The lowest BCUT2D eigenvalue weighted by atomic mass is 9.34. The number of hydrogen-bond acceptors (Lipinski definition) is 9. The predicted molar refractivity (Wildman–Crippen MR) is 198 cm³/mol. The first-order chi connectivity index (χ1) is 23.9. The molecule has 0 amide bonds. The number of allylic oxidation sites excluding steroid dienone is 1. The lowest BCUT2D eigenvalue weighted by Gasteiger charge is -2.71. The Balaban J connectivity index is 1.42. The first-order valence-corrected chi connectivity index (χ1v) is 19.8. The number of hydrogen-bond donors (Lipinski definition) is 2. The fraction of sp³-hybridized carbons (Fsp3) is 0.900. The van der Waals surface area contributed by atoms with Crippen LogP contribution >= 0.6 is 0 Å². The number of ether oxygens (including phenoxy) is 3. The number of methoxy groups -OCH3 is 1. The lowest BCUT2D eigenvalue weighted by Crippen LogP contribution is -2.69. The molecule has 1 saturated heterocycles. The molecule has 12 atom stereocenters. The molecule has 3 N–H and O–H groups in total. The van der Waals surface area contributed by atoms with Crippen LogP contribution in [0.4, 0.5) is 5.95 Å². The Morgan fingerprint density at radius 3 is 2.51 bits per heavy atom. The van der Waals surface area contributed by atoms with Gasteiger partial charge < -0.3 is 25.1 Å². The van der Waals surface area contributed by atoms with Gasteiger partial charge in [0.05, 0.1) is 31.8 Å². The van der Waals surface area contributed by atoms with Gasteiger partial charge in [-0.3, -0.25) is 9.69 Å². The van der Waals surface area contributed by atoms with E-state index in [0.717, 1.165) is 51.5 Å². The molecule has 1 aliphatic heterocycles. The van der Waals surface area contributed by atoms with E-state index in [1.54, 1.807) is 11.9 Å². The molecule has 51 heavy (non-hydrogen) atoms. The van der Waals surface area contributed by atoms with Crippen molar-refractivity contribution in [3.63, 3.8) is 0 Å². The van der Waals surface area contributed by atoms with Crippen molar-refractivity contribution >= 4 is 11.9 Å². The third-order valence-electron chi connectivity index (χ3n) is 16.6. The van der Waals surface area contributed by atoms with Crippen molar-refractivity contribution in [2.24, 2.45) is 56.7 Å². The second-order valence-electron chi connectivity index (χ2n) is 19.1. The van der Waals surface area contributed by atoms with E-state index < -0.39 is 11.9 Å². The average molecular weight is 713 g/mol. The van der Waals surface area contributed by atoms with Crippen LogP contribution in [0.2, 0.25) is 0 Å². The number of nitrogen functional groups attached to an aromatic ring is 1. The zero-order chi connectivity index (χ0) is 37.4. The minimum Gasteiger partial charge on any atom is -0.481 e. The summed E-state index contributed by atoms with van der Waals surface area (Å²) in [5.74, 6) is 0.457. The van der Waals surface area contributed by atoms with E-state index in [9.17, 15) is 9.90 Å². The summed E-state index contributed by atoms with van der Waals surface area (Å²) in [5.41, 5.74) is 6.03. The van der Waals surface area contributed by atoms with E-state index in [1.807, 2.05) is 0 Å². The summed E-state index contributed by atoms with van der Waals surface area (Å²) in [6, 6.07) is -0.187. The third kappa shape index (κ3) is 5.63. The molecule has 0 spiro atoms. The third-order valence-corrected chi connectivity index (χ3v) is 16.6. The number of carboxylic acids is 1. The fourth-order valence-electron chi connectivity index (χ4n) is 12.8. The van der Waals surface area contributed by atoms with Crippen molar-refractivity contribution in [3.8, 4) is 0 Å². The van der Waals surface area contributed by atoms with Gasteiger partial charge in [0.2, 0.25) is 0 Å². The standard InChI is InChI=1S/C40H68N6O5/c1-12-45(10)35(5,19-20-49-11)22-51-32-29(46-43-34(41)42-44-46)21-40-24-50-23-37(32,7)30(40)14-13-27-28(40)15-16-39(9)31(33(47)48)36(6,26(4)25(2)3)17-18-38(27,39)8/h15,25-27,29-32H,12-14,16-24H2,1-11H3,(H2,41,43)(H,47,48)/t26-,27+,29-,30+,31-,32+,35?,36-,37-,38-,39+,40+/m1/s1. The Hall–Kier alpha value is -2.08. The Bertz CT molecular complexity index is 1480. The smallest absolute Gasteiger partial charge is 0.307 e. The summed E-state index contributed by atoms with van der Waals surface area (Å²) in [6.45, 7) is 24.0. The monoisotopic (exact) mass is 713 g/mol. The maximum Gasteiger partial charge on any atom is 0.307 e. The number of carbonyl (C=O) groups is 1. The SMILES string of the molecule is CCN(C)C(C)(CCOC)CO[C@H]1[C@H](n2nnc(N)n2)C[C@@]23COC[C@]1(C)[C@@H]2CC[C@H]1C3=CC[C@@]2(C)[C@H](C(=O)O)[C@@](C)([C@H](C)C(C)C)CC[C@]12C. The first-order valence-electron chi connectivity index (χ1n) is 19.8. The lowest BCUT2D eigenvalue weighted by molar-refractivity contribution is -0.255. The number of carboxylic acid groups (broad SMARTS) is 1. The van der Waals surface area contributed by atoms with Gasteiger partial charge in [0.25, 0.3) is 5.95 Å². The maximum atomic E-state index is 13.5. The molecule has 1 aromatic rings. The van der Waals surface area contributed by atoms with Gasteiger partial charge >= 0.3 is 5.97 Å². The molecular weight excluding hydrogens is 644 g/mol. The zero-order valence-electron chi connectivity index (χ0n) is 33.5. The van der Waals surface area contributed by atoms with Gasteiger partial charge in [-0.1, -0.05) is 72.1 Å². The summed E-state index contributed by atoms with van der Waals surface area (Å²) in [7, 11) is 3.91. The van der Waals surface area contributed by atoms with E-state index >= 15 is 0 Å². The van der Waals surface area contributed by atoms with Crippen LogP contribution in [0.5, 0.6) is 0 Å². The molecular formula is C40H68N6O5. The van der Waals surface area contributed by atoms with E-state index in [-0.39, 0.29) is 56.6 Å². The number of anilines is 1. The highest BCUT2D eigenvalue weighted by molar-refractivity contribution is 5.73. The molecule has 288 valence electrons. The van der Waals surface area contributed by atoms with Crippen LogP contribution in [0.1, 0.15) is 113 Å². The molecule has 4 aliphatic carbocycles. The Morgan fingerprint density at radius 1 is 1.18 bits per heavy atom. The van der Waals surface area contributed by atoms with Crippen molar-refractivity contribution < 1.29 is 24.1 Å². The molecule has 5 aliphatic rings. The topological polar surface area (TPSA) is 138 Å². The van der Waals surface area contributed by atoms with Crippen LogP contribution in [-0.2, 0) is 19.0 Å². The van der Waals surface area contributed by atoms with Crippen molar-refractivity contribution in [3.05, 3.63) is 11.6 Å². The van der Waals surface area contributed by atoms with Gasteiger partial charge in [-0.05, 0) is 111 Å². The molecule has 2 heterocycles. The summed E-state index contributed by atoms with van der Waals surface area (Å²) >= 11 is 0. The number of nitrogens with zero attached hydrogens (tertiary/aromatic N) is 5. The van der Waals surface area contributed by atoms with E-state index in [2.05, 4.69) is 95.7 Å². The molecule has 0 aromatic carbocycles. The van der Waals surface area contributed by atoms with Crippen LogP contribution in [0, 0.1) is 56.7 Å². The van der Waals surface area contributed by atoms with Crippen LogP contribution in [0.25, 0.3) is 0 Å². The number of likely N-dealkylation sites (N-methyl/N-ethyl adjacent to an activating group) is 1. The average Bonchev–Trinajstić information content (AvgIpc) is 3.51. The largest absolute Gasteiger partial charge is 0.481 e. The Morgan fingerprint density at radius 2 is 1.90 bits per heavy atom. The van der Waals surface area contributed by atoms with Crippen molar-refractivity contribution in [2.45, 2.75) is 125 Å². The molecule has 2 bridgehead atoms. The van der Waals surface area contributed by atoms with Gasteiger partial charge in [-0.2, -0.15) is 4.80 Å². The molecule has 11 nitrogen and oxygen atoms in total. The number of tetrazole rings is 1. The molecule has 1 unspecified atom stereocenters. The van der Waals surface area contributed by atoms with E-state index in [4.69, 9.17) is 19.9 Å². The normalized spacial score (nSPS) is 42.4. The highest BCUT2D eigenvalue weighted by atomic mass is 16.5. The Kier molecular flexibility index (Phi) is 10.1. The fourth-order valence-corrected chi connectivity index (χ4v) is 12.8. The van der Waals surface area contributed by atoms with Crippen molar-refractivity contribution in [1.29, 1.82) is 0 Å². The number of aliphatic carboxylic acids is 1. The quantitative estimate of drug-likeness (QED) is 0.231. The van der Waals surface area contributed by atoms with E-state index in [0.29, 0.717) is 44.2 Å². The van der Waals surface area contributed by atoms with Crippen LogP contribution in [0.15, 0.2) is 11.6 Å². The molecule has 1 aromatic heterocycles. The van der Waals surface area contributed by atoms with Gasteiger partial charge in [0.15, 0.2) is 0 Å². The van der Waals surface area contributed by atoms with Crippen LogP contribution in [0.3, 0.4) is 0 Å². The summed E-state index contributed by atoms with van der Waals surface area (Å²) in [5, 5.41) is 24.4. The molecule has 11 heteroatoms. The van der Waals surface area contributed by atoms with Gasteiger partial charge in [-0.15, -0.1) is 5.10 Å². The minimum absolute atomic E-state index is 0.156. The summed E-state index contributed by atoms with van der Waals surface area (Å²) < 4.78 is 19.5. The minimum atomic E-state index is -0.630. The van der Waals surface area contributed by atoms with E-state index in [1.165, 1.54) is 5.57 Å². The first kappa shape index (κ1) is 38.6. The second kappa shape index (κ2) is 13.3. The molecule has 6 rings (SSSR count). The zero-order valence-corrected chi connectivity index (χ0v) is 33.5. The molecule has 0 radical (unpaired) electrons. The van der Waals surface area contributed by atoms with Crippen molar-refractivity contribution in [2.75, 3.05) is 52.9 Å².